The average molecular weight is 375 g/mol. The van der Waals surface area contributed by atoms with Crippen molar-refractivity contribution in [3.8, 4) is 0 Å². The van der Waals surface area contributed by atoms with Gasteiger partial charge in [0.25, 0.3) is 5.91 Å². The van der Waals surface area contributed by atoms with Crippen molar-refractivity contribution in [2.45, 2.75) is 38.8 Å². The van der Waals surface area contributed by atoms with Gasteiger partial charge in [-0.15, -0.1) is 11.3 Å². The van der Waals surface area contributed by atoms with Crippen molar-refractivity contribution in [2.75, 3.05) is 32.8 Å². The second kappa shape index (κ2) is 7.40. The van der Waals surface area contributed by atoms with Gasteiger partial charge in [0.2, 0.25) is 5.91 Å². The van der Waals surface area contributed by atoms with Gasteiger partial charge in [-0.1, -0.05) is 0 Å². The molecule has 0 radical (unpaired) electrons. The summed E-state index contributed by atoms with van der Waals surface area (Å²) in [6, 6.07) is 4.11. The van der Waals surface area contributed by atoms with E-state index in [4.69, 9.17) is 4.74 Å². The molecule has 6 nitrogen and oxygen atoms in total. The van der Waals surface area contributed by atoms with E-state index in [1.54, 1.807) is 23.2 Å². The molecular formula is C19H25N3O3S. The smallest absolute Gasteiger partial charge is 0.270 e. The first kappa shape index (κ1) is 17.5. The third kappa shape index (κ3) is 3.38. The summed E-state index contributed by atoms with van der Waals surface area (Å²) in [5.74, 6) is 0.142. The minimum Gasteiger partial charge on any atom is -0.376 e. The Kier molecular flexibility index (Phi) is 5.00. The molecule has 2 saturated heterocycles. The quantitative estimate of drug-likeness (QED) is 0.829. The van der Waals surface area contributed by atoms with Crippen LogP contribution in [-0.2, 0) is 16.1 Å². The number of piperazine rings is 1. The monoisotopic (exact) mass is 375 g/mol. The zero-order valence-corrected chi connectivity index (χ0v) is 16.0. The number of carbonyl (C=O) groups excluding carboxylic acids is 2. The van der Waals surface area contributed by atoms with Crippen LogP contribution in [0.2, 0.25) is 0 Å². The summed E-state index contributed by atoms with van der Waals surface area (Å²) in [6.07, 6.45) is 3.55. The lowest BCUT2D eigenvalue weighted by atomic mass is 10.1. The first-order valence-electron chi connectivity index (χ1n) is 9.36. The number of hydrogen-bond acceptors (Lipinski definition) is 4. The molecule has 1 atom stereocenters. The van der Waals surface area contributed by atoms with Gasteiger partial charge in [0.05, 0.1) is 16.3 Å². The Bertz CT molecular complexity index is 798. The Morgan fingerprint density at radius 2 is 1.96 bits per heavy atom. The Labute approximate surface area is 157 Å². The molecule has 26 heavy (non-hydrogen) atoms. The van der Waals surface area contributed by atoms with Gasteiger partial charge < -0.3 is 19.1 Å². The van der Waals surface area contributed by atoms with Crippen LogP contribution in [0.25, 0.3) is 10.2 Å². The molecule has 2 aromatic rings. The predicted molar refractivity (Wildman–Crippen MR) is 102 cm³/mol. The minimum absolute atomic E-state index is 0.0624. The fourth-order valence-corrected chi connectivity index (χ4v) is 4.71. The van der Waals surface area contributed by atoms with Gasteiger partial charge in [0.1, 0.15) is 5.69 Å². The number of amides is 2. The highest BCUT2D eigenvalue weighted by Gasteiger charge is 2.27. The van der Waals surface area contributed by atoms with Gasteiger partial charge in [0, 0.05) is 46.3 Å². The first-order chi connectivity index (χ1) is 12.6. The molecule has 0 bridgehead atoms. The van der Waals surface area contributed by atoms with Crippen LogP contribution >= 0.6 is 11.3 Å². The van der Waals surface area contributed by atoms with Crippen LogP contribution < -0.4 is 0 Å². The van der Waals surface area contributed by atoms with Gasteiger partial charge in [-0.05, 0) is 36.8 Å². The summed E-state index contributed by atoms with van der Waals surface area (Å²) >= 11 is 1.67. The number of rotatable bonds is 3. The van der Waals surface area contributed by atoms with Crippen LogP contribution in [0, 0.1) is 0 Å². The van der Waals surface area contributed by atoms with Crippen LogP contribution in [0.1, 0.15) is 36.7 Å². The van der Waals surface area contributed by atoms with Gasteiger partial charge in [-0.2, -0.15) is 0 Å². The Hall–Kier alpha value is -1.86. The number of aromatic nitrogens is 1. The number of nitrogens with zero attached hydrogens (tertiary/aromatic N) is 3. The van der Waals surface area contributed by atoms with Crippen molar-refractivity contribution < 1.29 is 14.3 Å². The molecule has 4 heterocycles. The van der Waals surface area contributed by atoms with Crippen LogP contribution in [0.3, 0.4) is 0 Å². The second-order valence-electron chi connectivity index (χ2n) is 7.10. The number of fused-ring (bicyclic) bond motifs is 1. The van der Waals surface area contributed by atoms with Crippen molar-refractivity contribution in [3.63, 3.8) is 0 Å². The molecular weight excluding hydrogens is 350 g/mol. The fourth-order valence-electron chi connectivity index (χ4n) is 3.89. The van der Waals surface area contributed by atoms with E-state index in [0.717, 1.165) is 41.9 Å². The average Bonchev–Trinajstić information content (AvgIpc) is 3.25. The maximum Gasteiger partial charge on any atom is 0.270 e. The summed E-state index contributed by atoms with van der Waals surface area (Å²) < 4.78 is 9.20. The fraction of sp³-hybridized carbons (Fsp3) is 0.579. The Morgan fingerprint density at radius 1 is 1.19 bits per heavy atom. The van der Waals surface area contributed by atoms with Crippen molar-refractivity contribution in [1.29, 1.82) is 0 Å². The van der Waals surface area contributed by atoms with Gasteiger partial charge in [0.15, 0.2) is 0 Å². The van der Waals surface area contributed by atoms with Crippen LogP contribution in [0.5, 0.6) is 0 Å². The summed E-state index contributed by atoms with van der Waals surface area (Å²) in [5.41, 5.74) is 1.87. The summed E-state index contributed by atoms with van der Waals surface area (Å²) in [7, 11) is 0. The van der Waals surface area contributed by atoms with E-state index in [1.807, 2.05) is 11.0 Å². The van der Waals surface area contributed by atoms with Gasteiger partial charge in [-0.25, -0.2) is 0 Å². The normalized spacial score (nSPS) is 21.3. The molecule has 2 fully saturated rings. The highest BCUT2D eigenvalue weighted by atomic mass is 32.1. The lowest BCUT2D eigenvalue weighted by Gasteiger charge is -2.34. The number of carbonyl (C=O) groups is 2. The molecule has 7 heteroatoms. The molecule has 0 N–H and O–H groups in total. The van der Waals surface area contributed by atoms with E-state index in [9.17, 15) is 9.59 Å². The summed E-state index contributed by atoms with van der Waals surface area (Å²) in [4.78, 5) is 28.4. The molecule has 4 rings (SSSR count). The van der Waals surface area contributed by atoms with Crippen molar-refractivity contribution in [2.24, 2.45) is 0 Å². The highest BCUT2D eigenvalue weighted by molar-refractivity contribution is 7.17. The van der Waals surface area contributed by atoms with E-state index >= 15 is 0 Å². The Balaban J connectivity index is 1.55. The van der Waals surface area contributed by atoms with Gasteiger partial charge >= 0.3 is 0 Å². The van der Waals surface area contributed by atoms with Gasteiger partial charge in [-0.3, -0.25) is 9.59 Å². The highest BCUT2D eigenvalue weighted by Crippen LogP contribution is 2.28. The molecule has 0 saturated carbocycles. The van der Waals surface area contributed by atoms with Crippen molar-refractivity contribution in [3.05, 3.63) is 23.2 Å². The lowest BCUT2D eigenvalue weighted by Crippen LogP contribution is -2.50. The van der Waals surface area contributed by atoms with E-state index < -0.39 is 0 Å². The molecule has 1 unspecified atom stereocenters. The molecule has 0 spiro atoms. The predicted octanol–water partition coefficient (Wildman–Crippen LogP) is 2.58. The molecule has 0 aromatic carbocycles. The third-order valence-electron chi connectivity index (χ3n) is 5.41. The molecule has 2 aliphatic heterocycles. The Morgan fingerprint density at radius 3 is 2.65 bits per heavy atom. The standard InChI is InChI=1S/C19H25N3O3S/c1-14(23)20-6-8-21(9-7-20)19(24)17-12-18-16(5-11-26-18)22(17)13-15-4-2-3-10-25-15/h5,11-12,15H,2-4,6-10,13H2,1H3. The van der Waals surface area contributed by atoms with E-state index in [-0.39, 0.29) is 17.9 Å². The van der Waals surface area contributed by atoms with E-state index in [0.29, 0.717) is 26.2 Å². The largest absolute Gasteiger partial charge is 0.376 e. The number of hydrogen-bond donors (Lipinski definition) is 0. The third-order valence-corrected chi connectivity index (χ3v) is 6.27. The maximum absolute atomic E-state index is 13.2. The molecule has 140 valence electrons. The molecule has 2 aromatic heterocycles. The molecule has 2 amide bonds. The zero-order chi connectivity index (χ0) is 18.1. The van der Waals surface area contributed by atoms with Crippen molar-refractivity contribution in [1.82, 2.24) is 14.4 Å². The van der Waals surface area contributed by atoms with Crippen molar-refractivity contribution >= 4 is 33.4 Å². The maximum atomic E-state index is 13.2. The number of thiophene rings is 1. The SMILES string of the molecule is CC(=O)N1CCN(C(=O)c2cc3sccc3n2CC2CCCCO2)CC1. The van der Waals surface area contributed by atoms with Crippen LogP contribution in [0.4, 0.5) is 0 Å². The molecule has 0 aliphatic carbocycles. The van der Waals surface area contributed by atoms with Crippen LogP contribution in [-0.4, -0.2) is 65.1 Å². The minimum atomic E-state index is 0.0624. The van der Waals surface area contributed by atoms with E-state index in [1.165, 1.54) is 6.42 Å². The second-order valence-corrected chi connectivity index (χ2v) is 8.04. The van der Waals surface area contributed by atoms with E-state index in [2.05, 4.69) is 16.0 Å². The summed E-state index contributed by atoms with van der Waals surface area (Å²) in [5, 5.41) is 2.07. The first-order valence-corrected chi connectivity index (χ1v) is 10.2. The number of ether oxygens (including phenoxy) is 1. The molecule has 2 aliphatic rings. The van der Waals surface area contributed by atoms with Crippen LogP contribution in [0.15, 0.2) is 17.5 Å². The lowest BCUT2D eigenvalue weighted by molar-refractivity contribution is -0.130. The summed E-state index contributed by atoms with van der Waals surface area (Å²) in [6.45, 7) is 5.54. The topological polar surface area (TPSA) is 54.8 Å². The zero-order valence-electron chi connectivity index (χ0n) is 15.1.